The fourth-order valence-corrected chi connectivity index (χ4v) is 2.79. The topological polar surface area (TPSA) is 63.0 Å². The molecule has 4 nitrogen and oxygen atoms in total. The summed E-state index contributed by atoms with van der Waals surface area (Å²) in [4.78, 5) is 5.48. The first kappa shape index (κ1) is 13.0. The maximum Gasteiger partial charge on any atom is 0.225 e. The molecule has 0 aliphatic heterocycles. The minimum absolute atomic E-state index is 0.188. The third-order valence-electron chi connectivity index (χ3n) is 2.86. The minimum Gasteiger partial charge on any atom is -0.396 e. The molecule has 3 N–H and O–H groups in total. The summed E-state index contributed by atoms with van der Waals surface area (Å²) in [6, 6.07) is 2.05. The molecule has 5 heteroatoms. The Labute approximate surface area is 111 Å². The summed E-state index contributed by atoms with van der Waals surface area (Å²) >= 11 is 1.65. The zero-order valence-electron chi connectivity index (χ0n) is 10.7. The molecule has 0 atom stereocenters. The SMILES string of the molecule is Cc1cc(C)c(C[n+]2csc(CCO)c2)c(N)n1. The summed E-state index contributed by atoms with van der Waals surface area (Å²) in [5, 5.41) is 8.90. The largest absolute Gasteiger partial charge is 0.396 e. The monoisotopic (exact) mass is 264 g/mol. The van der Waals surface area contributed by atoms with E-state index >= 15 is 0 Å². The predicted molar refractivity (Wildman–Crippen MR) is 72.5 cm³/mol. The van der Waals surface area contributed by atoms with Crippen LogP contribution >= 0.6 is 11.3 Å². The van der Waals surface area contributed by atoms with Gasteiger partial charge in [0.05, 0.1) is 10.4 Å². The molecule has 0 bridgehead atoms. The molecule has 0 saturated heterocycles. The maximum atomic E-state index is 8.90. The zero-order valence-corrected chi connectivity index (χ0v) is 11.5. The van der Waals surface area contributed by atoms with E-state index < -0.39 is 0 Å². The molecule has 2 aromatic heterocycles. The maximum absolute atomic E-state index is 8.90. The number of nitrogen functional groups attached to an aromatic ring is 1. The Bertz CT molecular complexity index is 528. The van der Waals surface area contributed by atoms with Crippen molar-refractivity contribution < 1.29 is 9.67 Å². The van der Waals surface area contributed by atoms with Crippen LogP contribution in [0, 0.1) is 13.8 Å². The van der Waals surface area contributed by atoms with Crippen LogP contribution in [0.3, 0.4) is 0 Å². The van der Waals surface area contributed by atoms with Gasteiger partial charge in [0.1, 0.15) is 5.82 Å². The van der Waals surface area contributed by atoms with Crippen molar-refractivity contribution in [2.24, 2.45) is 0 Å². The number of rotatable bonds is 4. The Morgan fingerprint density at radius 1 is 1.44 bits per heavy atom. The van der Waals surface area contributed by atoms with Gasteiger partial charge in [0, 0.05) is 18.7 Å². The first-order chi connectivity index (χ1) is 8.60. The number of aryl methyl sites for hydroxylation is 2. The summed E-state index contributed by atoms with van der Waals surface area (Å²) in [5.74, 6) is 0.606. The highest BCUT2D eigenvalue weighted by Crippen LogP contribution is 2.16. The van der Waals surface area contributed by atoms with Gasteiger partial charge in [0.2, 0.25) is 5.51 Å². The first-order valence-electron chi connectivity index (χ1n) is 5.90. The third-order valence-corrected chi connectivity index (χ3v) is 3.84. The van der Waals surface area contributed by atoms with E-state index in [0.29, 0.717) is 12.2 Å². The second kappa shape index (κ2) is 5.46. The van der Waals surface area contributed by atoms with Gasteiger partial charge >= 0.3 is 0 Å². The second-order valence-corrected chi connectivity index (χ2v) is 5.38. The molecule has 0 unspecified atom stereocenters. The number of anilines is 1. The lowest BCUT2D eigenvalue weighted by atomic mass is 10.1. The highest BCUT2D eigenvalue weighted by Gasteiger charge is 2.13. The summed E-state index contributed by atoms with van der Waals surface area (Å²) in [6.45, 7) is 4.92. The summed E-state index contributed by atoms with van der Waals surface area (Å²) in [6.07, 6.45) is 2.76. The number of hydrogen-bond donors (Lipinski definition) is 2. The standard InChI is InChI=1S/C13H18N3OS/c1-9-5-10(2)15-13(14)12(9)7-16-6-11(3-4-17)18-8-16/h5-6,8,17H,3-4,7H2,1-2H3,(H2,14,15)/q+1. The molecule has 0 aliphatic rings. The van der Waals surface area contributed by atoms with Gasteiger partial charge < -0.3 is 10.8 Å². The lowest BCUT2D eigenvalue weighted by molar-refractivity contribution is -0.683. The number of thiazole rings is 1. The quantitative estimate of drug-likeness (QED) is 0.816. The van der Waals surface area contributed by atoms with Crippen LogP contribution in [-0.4, -0.2) is 16.7 Å². The highest BCUT2D eigenvalue weighted by atomic mass is 32.1. The van der Waals surface area contributed by atoms with Crippen molar-refractivity contribution in [2.75, 3.05) is 12.3 Å². The van der Waals surface area contributed by atoms with Crippen molar-refractivity contribution in [1.29, 1.82) is 0 Å². The molecule has 0 saturated carbocycles. The molecule has 0 spiro atoms. The molecule has 0 aliphatic carbocycles. The number of nitrogens with two attached hydrogens (primary N) is 1. The molecular formula is C13H18N3OS+. The average Bonchev–Trinajstić information content (AvgIpc) is 2.72. The van der Waals surface area contributed by atoms with Crippen molar-refractivity contribution in [1.82, 2.24) is 4.98 Å². The van der Waals surface area contributed by atoms with Crippen molar-refractivity contribution in [2.45, 2.75) is 26.8 Å². The molecule has 0 amide bonds. The van der Waals surface area contributed by atoms with E-state index in [2.05, 4.69) is 22.7 Å². The van der Waals surface area contributed by atoms with E-state index in [9.17, 15) is 0 Å². The molecular weight excluding hydrogens is 246 g/mol. The first-order valence-corrected chi connectivity index (χ1v) is 6.78. The van der Waals surface area contributed by atoms with Crippen LogP contribution < -0.4 is 10.3 Å². The van der Waals surface area contributed by atoms with Crippen LogP contribution in [0.2, 0.25) is 0 Å². The summed E-state index contributed by atoms with van der Waals surface area (Å²) < 4.78 is 2.09. The van der Waals surface area contributed by atoms with Crippen LogP contribution in [-0.2, 0) is 13.0 Å². The number of aliphatic hydroxyl groups excluding tert-OH is 1. The molecule has 2 heterocycles. The Kier molecular flexibility index (Phi) is 3.93. The minimum atomic E-state index is 0.188. The van der Waals surface area contributed by atoms with E-state index in [-0.39, 0.29) is 6.61 Å². The van der Waals surface area contributed by atoms with Crippen molar-refractivity contribution >= 4 is 17.2 Å². The van der Waals surface area contributed by atoms with Gasteiger partial charge in [-0.25, -0.2) is 4.98 Å². The predicted octanol–water partition coefficient (Wildman–Crippen LogP) is 1.21. The lowest BCUT2D eigenvalue weighted by Gasteiger charge is -2.06. The summed E-state index contributed by atoms with van der Waals surface area (Å²) in [7, 11) is 0. The van der Waals surface area contributed by atoms with E-state index in [1.54, 1.807) is 11.3 Å². The Hall–Kier alpha value is -1.46. The fraction of sp³-hybridized carbons (Fsp3) is 0.385. The number of pyridine rings is 1. The van der Waals surface area contributed by atoms with E-state index in [0.717, 1.165) is 17.8 Å². The van der Waals surface area contributed by atoms with Gasteiger partial charge in [-0.15, -0.1) is 0 Å². The van der Waals surface area contributed by atoms with Gasteiger partial charge in [-0.05, 0) is 25.5 Å². The number of aromatic nitrogens is 2. The van der Waals surface area contributed by atoms with Gasteiger partial charge in [-0.1, -0.05) is 11.3 Å². The smallest absolute Gasteiger partial charge is 0.225 e. The summed E-state index contributed by atoms with van der Waals surface area (Å²) in [5.41, 5.74) is 11.2. The molecule has 2 aromatic rings. The Morgan fingerprint density at radius 3 is 2.89 bits per heavy atom. The molecule has 0 radical (unpaired) electrons. The van der Waals surface area contributed by atoms with Crippen LogP contribution in [0.5, 0.6) is 0 Å². The van der Waals surface area contributed by atoms with Crippen LogP contribution in [0.1, 0.15) is 21.7 Å². The van der Waals surface area contributed by atoms with E-state index in [1.165, 1.54) is 10.4 Å². The Balaban J connectivity index is 2.22. The van der Waals surface area contributed by atoms with Crippen LogP contribution in [0.15, 0.2) is 17.8 Å². The van der Waals surface area contributed by atoms with E-state index in [1.807, 2.05) is 18.5 Å². The molecule has 2 rings (SSSR count). The van der Waals surface area contributed by atoms with E-state index in [4.69, 9.17) is 10.8 Å². The fourth-order valence-electron chi connectivity index (χ4n) is 1.98. The number of hydrogen-bond acceptors (Lipinski definition) is 4. The number of nitrogens with zero attached hydrogens (tertiary/aromatic N) is 2. The number of aliphatic hydroxyl groups is 1. The third kappa shape index (κ3) is 2.86. The normalized spacial score (nSPS) is 10.8. The van der Waals surface area contributed by atoms with Crippen molar-refractivity contribution in [3.63, 3.8) is 0 Å². The average molecular weight is 264 g/mol. The lowest BCUT2D eigenvalue weighted by Crippen LogP contribution is -2.32. The van der Waals surface area contributed by atoms with Crippen LogP contribution in [0.4, 0.5) is 5.82 Å². The molecule has 96 valence electrons. The Morgan fingerprint density at radius 2 is 2.22 bits per heavy atom. The van der Waals surface area contributed by atoms with Gasteiger partial charge in [0.15, 0.2) is 12.7 Å². The zero-order chi connectivity index (χ0) is 13.1. The van der Waals surface area contributed by atoms with Gasteiger partial charge in [-0.3, -0.25) is 0 Å². The molecule has 18 heavy (non-hydrogen) atoms. The highest BCUT2D eigenvalue weighted by molar-refractivity contribution is 7.09. The van der Waals surface area contributed by atoms with Crippen LogP contribution in [0.25, 0.3) is 0 Å². The van der Waals surface area contributed by atoms with Gasteiger partial charge in [-0.2, -0.15) is 4.57 Å². The molecule has 0 fully saturated rings. The molecule has 0 aromatic carbocycles. The van der Waals surface area contributed by atoms with Gasteiger partial charge in [0.25, 0.3) is 0 Å². The second-order valence-electron chi connectivity index (χ2n) is 4.41. The van der Waals surface area contributed by atoms with Crippen molar-refractivity contribution in [3.05, 3.63) is 39.5 Å². The van der Waals surface area contributed by atoms with Crippen molar-refractivity contribution in [3.8, 4) is 0 Å².